The molecule has 100 valence electrons. The van der Waals surface area contributed by atoms with E-state index < -0.39 is 0 Å². The second-order valence-electron chi connectivity index (χ2n) is 7.03. The molecular formula is C15H30N2. The Bertz CT molecular complexity index is 216. The van der Waals surface area contributed by atoms with Crippen LogP contribution in [-0.4, -0.2) is 37.1 Å². The fourth-order valence-electron chi connectivity index (χ4n) is 3.44. The first kappa shape index (κ1) is 13.4. The topological polar surface area (TPSA) is 15.3 Å². The fourth-order valence-corrected chi connectivity index (χ4v) is 3.44. The molecule has 0 aromatic carbocycles. The van der Waals surface area contributed by atoms with Gasteiger partial charge in [-0.1, -0.05) is 27.2 Å². The summed E-state index contributed by atoms with van der Waals surface area (Å²) < 4.78 is 0. The molecule has 2 fully saturated rings. The van der Waals surface area contributed by atoms with Gasteiger partial charge in [-0.3, -0.25) is 4.90 Å². The van der Waals surface area contributed by atoms with Crippen LogP contribution in [0, 0.1) is 11.3 Å². The van der Waals surface area contributed by atoms with E-state index in [1.807, 2.05) is 0 Å². The third kappa shape index (κ3) is 3.69. The minimum absolute atomic E-state index is 0.508. The summed E-state index contributed by atoms with van der Waals surface area (Å²) in [6, 6.07) is 0.818. The van der Waals surface area contributed by atoms with Gasteiger partial charge in [-0.05, 0) is 56.7 Å². The van der Waals surface area contributed by atoms with E-state index >= 15 is 0 Å². The van der Waals surface area contributed by atoms with Gasteiger partial charge >= 0.3 is 0 Å². The molecule has 1 unspecified atom stereocenters. The molecule has 0 spiro atoms. The number of piperidine rings is 1. The normalized spacial score (nSPS) is 30.2. The summed E-state index contributed by atoms with van der Waals surface area (Å²) in [6.45, 7) is 12.3. The lowest BCUT2D eigenvalue weighted by atomic mass is 9.75. The lowest BCUT2D eigenvalue weighted by molar-refractivity contribution is 0.0806. The first-order valence-electron chi connectivity index (χ1n) is 7.52. The Morgan fingerprint density at radius 2 is 1.71 bits per heavy atom. The molecule has 2 aliphatic rings. The van der Waals surface area contributed by atoms with E-state index in [2.05, 4.69) is 31.0 Å². The molecule has 1 N–H and O–H groups in total. The Labute approximate surface area is 107 Å². The molecule has 2 heteroatoms. The van der Waals surface area contributed by atoms with Crippen LogP contribution in [-0.2, 0) is 0 Å². The van der Waals surface area contributed by atoms with Crippen LogP contribution in [0.5, 0.6) is 0 Å². The van der Waals surface area contributed by atoms with Gasteiger partial charge in [0.15, 0.2) is 0 Å². The number of nitrogens with zero attached hydrogens (tertiary/aromatic N) is 1. The van der Waals surface area contributed by atoms with Crippen molar-refractivity contribution in [3.63, 3.8) is 0 Å². The van der Waals surface area contributed by atoms with Gasteiger partial charge < -0.3 is 5.32 Å². The van der Waals surface area contributed by atoms with E-state index in [1.165, 1.54) is 58.3 Å². The lowest BCUT2D eigenvalue weighted by Gasteiger charge is -2.41. The number of hydrogen-bond donors (Lipinski definition) is 1. The molecule has 17 heavy (non-hydrogen) atoms. The molecule has 2 rings (SSSR count). The van der Waals surface area contributed by atoms with Crippen molar-refractivity contribution in [2.45, 2.75) is 58.9 Å². The molecule has 0 bridgehead atoms. The van der Waals surface area contributed by atoms with E-state index in [4.69, 9.17) is 0 Å². The van der Waals surface area contributed by atoms with E-state index in [0.29, 0.717) is 5.41 Å². The maximum Gasteiger partial charge on any atom is 0.0220 e. The van der Waals surface area contributed by atoms with Crippen molar-refractivity contribution in [3.05, 3.63) is 0 Å². The Morgan fingerprint density at radius 1 is 1.00 bits per heavy atom. The van der Waals surface area contributed by atoms with Crippen molar-refractivity contribution in [1.29, 1.82) is 0 Å². The minimum Gasteiger partial charge on any atom is -0.315 e. The molecule has 2 nitrogen and oxygen atoms in total. The third-order valence-corrected chi connectivity index (χ3v) is 4.79. The van der Waals surface area contributed by atoms with Gasteiger partial charge in [0, 0.05) is 12.6 Å². The van der Waals surface area contributed by atoms with Crippen molar-refractivity contribution in [2.24, 2.45) is 11.3 Å². The first-order valence-corrected chi connectivity index (χ1v) is 7.52. The molecule has 0 aromatic heterocycles. The van der Waals surface area contributed by atoms with Crippen LogP contribution in [0.15, 0.2) is 0 Å². The monoisotopic (exact) mass is 238 g/mol. The fraction of sp³-hybridized carbons (Fsp3) is 1.00. The minimum atomic E-state index is 0.508. The molecule has 0 radical (unpaired) electrons. The van der Waals surface area contributed by atoms with Crippen LogP contribution in [0.25, 0.3) is 0 Å². The maximum atomic E-state index is 3.59. The van der Waals surface area contributed by atoms with Gasteiger partial charge in [-0.25, -0.2) is 0 Å². The van der Waals surface area contributed by atoms with Crippen molar-refractivity contribution in [3.8, 4) is 0 Å². The van der Waals surface area contributed by atoms with Crippen LogP contribution in [0.3, 0.4) is 0 Å². The third-order valence-electron chi connectivity index (χ3n) is 4.79. The number of nitrogens with one attached hydrogen (secondary N) is 1. The highest BCUT2D eigenvalue weighted by Crippen LogP contribution is 2.35. The highest BCUT2D eigenvalue weighted by atomic mass is 15.2. The predicted molar refractivity (Wildman–Crippen MR) is 74.3 cm³/mol. The summed E-state index contributed by atoms with van der Waals surface area (Å²) in [7, 11) is 0. The van der Waals surface area contributed by atoms with Crippen molar-refractivity contribution in [2.75, 3.05) is 26.2 Å². The summed E-state index contributed by atoms with van der Waals surface area (Å²) in [6.07, 6.45) is 7.00. The Kier molecular flexibility index (Phi) is 4.48. The lowest BCUT2D eigenvalue weighted by Crippen LogP contribution is -2.47. The average molecular weight is 238 g/mol. The van der Waals surface area contributed by atoms with Gasteiger partial charge in [0.2, 0.25) is 0 Å². The van der Waals surface area contributed by atoms with Crippen LogP contribution in [0.1, 0.15) is 52.9 Å². The zero-order chi connectivity index (χ0) is 12.3. The molecule has 0 saturated carbocycles. The van der Waals surface area contributed by atoms with Gasteiger partial charge in [0.25, 0.3) is 0 Å². The van der Waals surface area contributed by atoms with Gasteiger partial charge in [-0.2, -0.15) is 0 Å². The summed E-state index contributed by atoms with van der Waals surface area (Å²) in [4.78, 5) is 2.75. The van der Waals surface area contributed by atoms with Crippen molar-refractivity contribution >= 4 is 0 Å². The average Bonchev–Trinajstić information content (AvgIpc) is 2.56. The molecule has 0 amide bonds. The van der Waals surface area contributed by atoms with Crippen LogP contribution in [0.2, 0.25) is 0 Å². The zero-order valence-electron chi connectivity index (χ0n) is 12.0. The summed E-state index contributed by atoms with van der Waals surface area (Å²) >= 11 is 0. The number of likely N-dealkylation sites (tertiary alicyclic amines) is 1. The molecule has 2 saturated heterocycles. The molecule has 2 heterocycles. The van der Waals surface area contributed by atoms with Crippen molar-refractivity contribution in [1.82, 2.24) is 10.2 Å². The van der Waals surface area contributed by atoms with E-state index in [0.717, 1.165) is 12.0 Å². The standard InChI is InChI=1S/C15H30N2/c1-15(2,3)13-7-10-17(11-8-13)14-6-4-5-9-16-12-14/h13-14,16H,4-12H2,1-3H3. The Morgan fingerprint density at radius 3 is 2.35 bits per heavy atom. The SMILES string of the molecule is CC(C)(C)C1CCN(C2CCCCNC2)CC1. The van der Waals surface area contributed by atoms with Crippen molar-refractivity contribution < 1.29 is 0 Å². The van der Waals surface area contributed by atoms with E-state index in [1.54, 1.807) is 0 Å². The second-order valence-corrected chi connectivity index (χ2v) is 7.03. The van der Waals surface area contributed by atoms with Crippen LogP contribution < -0.4 is 5.32 Å². The molecule has 0 aromatic rings. The molecule has 0 aliphatic carbocycles. The number of rotatable bonds is 1. The van der Waals surface area contributed by atoms with Gasteiger partial charge in [-0.15, -0.1) is 0 Å². The predicted octanol–water partition coefficient (Wildman–Crippen LogP) is 2.89. The van der Waals surface area contributed by atoms with Crippen LogP contribution >= 0.6 is 0 Å². The molecule has 2 aliphatic heterocycles. The van der Waals surface area contributed by atoms with Gasteiger partial charge in [0.1, 0.15) is 0 Å². The summed E-state index contributed by atoms with van der Waals surface area (Å²) in [5.74, 6) is 0.928. The maximum absolute atomic E-state index is 3.59. The Hall–Kier alpha value is -0.0800. The largest absolute Gasteiger partial charge is 0.315 e. The smallest absolute Gasteiger partial charge is 0.0220 e. The molecular weight excluding hydrogens is 208 g/mol. The van der Waals surface area contributed by atoms with E-state index in [9.17, 15) is 0 Å². The second kappa shape index (κ2) is 5.71. The quantitative estimate of drug-likeness (QED) is 0.755. The van der Waals surface area contributed by atoms with E-state index in [-0.39, 0.29) is 0 Å². The first-order chi connectivity index (χ1) is 8.07. The summed E-state index contributed by atoms with van der Waals surface area (Å²) in [5, 5.41) is 3.59. The summed E-state index contributed by atoms with van der Waals surface area (Å²) in [5.41, 5.74) is 0.508. The Balaban J connectivity index is 1.81. The highest BCUT2D eigenvalue weighted by molar-refractivity contribution is 4.85. The highest BCUT2D eigenvalue weighted by Gasteiger charge is 2.31. The zero-order valence-corrected chi connectivity index (χ0v) is 12.0. The van der Waals surface area contributed by atoms with Gasteiger partial charge in [0.05, 0.1) is 0 Å². The number of hydrogen-bond acceptors (Lipinski definition) is 2. The van der Waals surface area contributed by atoms with Crippen LogP contribution in [0.4, 0.5) is 0 Å². The molecule has 1 atom stereocenters.